The second kappa shape index (κ2) is 9.50. The van der Waals surface area contributed by atoms with E-state index in [2.05, 4.69) is 15.0 Å². The summed E-state index contributed by atoms with van der Waals surface area (Å²) < 4.78 is 29.1. The van der Waals surface area contributed by atoms with E-state index in [-0.39, 0.29) is 29.0 Å². The van der Waals surface area contributed by atoms with Crippen molar-refractivity contribution in [2.45, 2.75) is 32.4 Å². The molecule has 1 aromatic heterocycles. The van der Waals surface area contributed by atoms with E-state index in [1.165, 1.54) is 35.5 Å². The van der Waals surface area contributed by atoms with Crippen LogP contribution in [0.25, 0.3) is 0 Å². The topological polar surface area (TPSA) is 115 Å². The summed E-state index contributed by atoms with van der Waals surface area (Å²) in [5.41, 5.74) is 6.19. The molecule has 1 aromatic carbocycles. The van der Waals surface area contributed by atoms with Crippen molar-refractivity contribution in [1.82, 2.24) is 9.88 Å². The number of primary amides is 1. The van der Waals surface area contributed by atoms with Crippen LogP contribution < -0.4 is 15.8 Å². The molecule has 2 aromatic rings. The third-order valence-electron chi connectivity index (χ3n) is 5.04. The number of carbonyl (C=O) groups excluding carboxylic acids is 3. The lowest BCUT2D eigenvalue weighted by Gasteiger charge is -2.38. The lowest BCUT2D eigenvalue weighted by molar-refractivity contribution is -0.146. The number of halogens is 2. The number of hydrogen-bond donors (Lipinski definition) is 2. The quantitative estimate of drug-likeness (QED) is 0.705. The number of piperidine rings is 1. The molecule has 31 heavy (non-hydrogen) atoms. The molecule has 2 heterocycles. The van der Waals surface area contributed by atoms with Crippen molar-refractivity contribution in [1.29, 1.82) is 0 Å². The zero-order chi connectivity index (χ0) is 22.5. The Hall–Kier alpha value is -3.56. The third-order valence-corrected chi connectivity index (χ3v) is 5.04. The summed E-state index contributed by atoms with van der Waals surface area (Å²) in [5, 5.41) is 2.45. The zero-order valence-corrected chi connectivity index (χ0v) is 16.8. The molecule has 3 rings (SSSR count). The van der Waals surface area contributed by atoms with Crippen molar-refractivity contribution in [3.05, 3.63) is 53.9 Å². The van der Waals surface area contributed by atoms with Gasteiger partial charge < -0.3 is 20.7 Å². The summed E-state index contributed by atoms with van der Waals surface area (Å²) >= 11 is 0. The number of benzene rings is 1. The predicted octanol–water partition coefficient (Wildman–Crippen LogP) is 2.72. The number of nitrogens with one attached hydrogen (secondary N) is 1. The van der Waals surface area contributed by atoms with Crippen molar-refractivity contribution in [3.8, 4) is 5.75 Å². The first kappa shape index (κ1) is 22.1. The van der Waals surface area contributed by atoms with Crippen molar-refractivity contribution in [2.24, 2.45) is 11.7 Å². The molecule has 0 saturated carbocycles. The molecule has 3 amide bonds. The van der Waals surface area contributed by atoms with Gasteiger partial charge in [-0.1, -0.05) is 19.1 Å². The maximum Gasteiger partial charge on any atom is 0.387 e. The summed E-state index contributed by atoms with van der Waals surface area (Å²) in [4.78, 5) is 42.1. The Labute approximate surface area is 177 Å². The fourth-order valence-corrected chi connectivity index (χ4v) is 3.55. The van der Waals surface area contributed by atoms with E-state index in [9.17, 15) is 23.2 Å². The third kappa shape index (κ3) is 5.53. The van der Waals surface area contributed by atoms with Crippen molar-refractivity contribution in [3.63, 3.8) is 0 Å². The van der Waals surface area contributed by atoms with Crippen LogP contribution in [0, 0.1) is 5.92 Å². The van der Waals surface area contributed by atoms with Crippen LogP contribution in [0.5, 0.6) is 5.75 Å². The molecule has 8 nitrogen and oxygen atoms in total. The predicted molar refractivity (Wildman–Crippen MR) is 107 cm³/mol. The highest BCUT2D eigenvalue weighted by Gasteiger charge is 2.34. The number of likely N-dealkylation sites (tertiary alicyclic amines) is 1. The van der Waals surface area contributed by atoms with Gasteiger partial charge in [0, 0.05) is 12.7 Å². The van der Waals surface area contributed by atoms with Gasteiger partial charge in [0.1, 0.15) is 5.75 Å². The van der Waals surface area contributed by atoms with E-state index in [1.807, 2.05) is 6.92 Å². The van der Waals surface area contributed by atoms with Gasteiger partial charge in [0.15, 0.2) is 0 Å². The Balaban J connectivity index is 1.77. The second-order valence-electron chi connectivity index (χ2n) is 7.38. The molecule has 10 heteroatoms. The Bertz CT molecular complexity index is 968. The van der Waals surface area contributed by atoms with Gasteiger partial charge in [-0.05, 0) is 42.5 Å². The number of rotatable bonds is 5. The first-order valence-electron chi connectivity index (χ1n) is 9.66. The number of hydrogen-bond acceptors (Lipinski definition) is 5. The highest BCUT2D eigenvalue weighted by molar-refractivity contribution is 6.39. The minimum absolute atomic E-state index is 0.0142. The minimum Gasteiger partial charge on any atom is -0.435 e. The molecule has 1 fully saturated rings. The Morgan fingerprint density at radius 1 is 1.19 bits per heavy atom. The molecule has 1 saturated heterocycles. The SMILES string of the molecule is C[C@@H]1CC[C@@H](c2ccc(OC(F)F)cc2)N(C(=O)C(=O)Nc2cncc(C(N)=O)c2)C1. The van der Waals surface area contributed by atoms with Crippen LogP contribution in [-0.4, -0.2) is 40.8 Å². The maximum atomic E-state index is 12.9. The molecule has 3 N–H and O–H groups in total. The number of alkyl halides is 2. The molecule has 164 valence electrons. The molecule has 0 aliphatic carbocycles. The van der Waals surface area contributed by atoms with Gasteiger partial charge in [0.25, 0.3) is 0 Å². The Morgan fingerprint density at radius 2 is 1.90 bits per heavy atom. The van der Waals surface area contributed by atoms with Crippen LogP contribution in [0.4, 0.5) is 14.5 Å². The lowest BCUT2D eigenvalue weighted by Crippen LogP contribution is -2.46. The van der Waals surface area contributed by atoms with Gasteiger partial charge in [0.05, 0.1) is 23.5 Å². The highest BCUT2D eigenvalue weighted by atomic mass is 19.3. The lowest BCUT2D eigenvalue weighted by atomic mass is 9.89. The van der Waals surface area contributed by atoms with Crippen LogP contribution in [0.3, 0.4) is 0 Å². The molecule has 1 aliphatic rings. The summed E-state index contributed by atoms with van der Waals surface area (Å²) in [6.45, 7) is -0.578. The second-order valence-corrected chi connectivity index (χ2v) is 7.38. The first-order chi connectivity index (χ1) is 14.7. The van der Waals surface area contributed by atoms with Gasteiger partial charge in [-0.3, -0.25) is 19.4 Å². The van der Waals surface area contributed by atoms with E-state index in [1.54, 1.807) is 12.1 Å². The number of pyridine rings is 1. The van der Waals surface area contributed by atoms with E-state index in [0.717, 1.165) is 6.42 Å². The van der Waals surface area contributed by atoms with Crippen LogP contribution in [0.15, 0.2) is 42.7 Å². The van der Waals surface area contributed by atoms with Gasteiger partial charge in [0.2, 0.25) is 5.91 Å². The van der Waals surface area contributed by atoms with E-state index in [0.29, 0.717) is 18.5 Å². The summed E-state index contributed by atoms with van der Waals surface area (Å²) in [5.74, 6) is -2.12. The number of amides is 3. The van der Waals surface area contributed by atoms with E-state index < -0.39 is 24.3 Å². The van der Waals surface area contributed by atoms with E-state index >= 15 is 0 Å². The largest absolute Gasteiger partial charge is 0.435 e. The molecular weight excluding hydrogens is 410 g/mol. The number of anilines is 1. The fraction of sp³-hybridized carbons (Fsp3) is 0.333. The van der Waals surface area contributed by atoms with Crippen LogP contribution >= 0.6 is 0 Å². The highest BCUT2D eigenvalue weighted by Crippen LogP contribution is 2.34. The molecule has 1 aliphatic heterocycles. The number of nitrogens with two attached hydrogens (primary N) is 1. The van der Waals surface area contributed by atoms with Crippen molar-refractivity contribution >= 4 is 23.4 Å². The first-order valence-corrected chi connectivity index (χ1v) is 9.66. The molecular formula is C21H22F2N4O4. The normalized spacial score (nSPS) is 18.5. The minimum atomic E-state index is -2.93. The van der Waals surface area contributed by atoms with Crippen molar-refractivity contribution < 1.29 is 27.9 Å². The average Bonchev–Trinajstić information content (AvgIpc) is 2.73. The van der Waals surface area contributed by atoms with Gasteiger partial charge >= 0.3 is 18.4 Å². The van der Waals surface area contributed by atoms with Crippen LogP contribution in [-0.2, 0) is 9.59 Å². The number of aromatic nitrogens is 1. The summed E-state index contributed by atoms with van der Waals surface area (Å²) in [6, 6.07) is 6.98. The maximum absolute atomic E-state index is 12.9. The number of nitrogens with zero attached hydrogens (tertiary/aromatic N) is 2. The zero-order valence-electron chi connectivity index (χ0n) is 16.8. The van der Waals surface area contributed by atoms with Gasteiger partial charge in [-0.2, -0.15) is 8.78 Å². The number of carbonyl (C=O) groups is 3. The van der Waals surface area contributed by atoms with Gasteiger partial charge in [-0.15, -0.1) is 0 Å². The molecule has 0 bridgehead atoms. The van der Waals surface area contributed by atoms with Crippen LogP contribution in [0.2, 0.25) is 0 Å². The molecule has 0 unspecified atom stereocenters. The monoisotopic (exact) mass is 432 g/mol. The summed E-state index contributed by atoms with van der Waals surface area (Å²) in [7, 11) is 0. The standard InChI is InChI=1S/C21H22F2N4O4/c1-12-2-7-17(13-3-5-16(6-4-13)31-21(22)23)27(11-12)20(30)19(29)26-15-8-14(18(24)28)9-25-10-15/h3-6,8-10,12,17,21H,2,7,11H2,1H3,(H2,24,28)(H,26,29)/t12-,17+/m1/s1. The van der Waals surface area contributed by atoms with Crippen LogP contribution in [0.1, 0.15) is 41.7 Å². The molecule has 2 atom stereocenters. The smallest absolute Gasteiger partial charge is 0.387 e. The van der Waals surface area contributed by atoms with Gasteiger partial charge in [-0.25, -0.2) is 0 Å². The van der Waals surface area contributed by atoms with E-state index in [4.69, 9.17) is 5.73 Å². The Kier molecular flexibility index (Phi) is 6.78. The Morgan fingerprint density at radius 3 is 2.55 bits per heavy atom. The number of ether oxygens (including phenoxy) is 1. The molecule has 0 spiro atoms. The molecule has 0 radical (unpaired) electrons. The van der Waals surface area contributed by atoms with Crippen molar-refractivity contribution in [2.75, 3.05) is 11.9 Å². The fourth-order valence-electron chi connectivity index (χ4n) is 3.55. The summed E-state index contributed by atoms with van der Waals surface area (Å²) in [6.07, 6.45) is 4.02. The average molecular weight is 432 g/mol.